The molecule has 182 valence electrons. The molecular weight excluding hydrogens is 477 g/mol. The van der Waals surface area contributed by atoms with Crippen molar-refractivity contribution in [2.24, 2.45) is 5.92 Å². The van der Waals surface area contributed by atoms with E-state index in [4.69, 9.17) is 32.7 Å². The van der Waals surface area contributed by atoms with E-state index in [0.717, 1.165) is 41.5 Å². The summed E-state index contributed by atoms with van der Waals surface area (Å²) in [5.74, 6) is 4.54. The Balaban J connectivity index is 1.57. The molecule has 0 radical (unpaired) electrons. The Labute approximate surface area is 212 Å². The molecule has 1 saturated heterocycles. The monoisotopic (exact) mass is 511 g/mol. The molecule has 1 N–H and O–H groups in total. The van der Waals surface area contributed by atoms with Gasteiger partial charge in [0.2, 0.25) is 0 Å². The van der Waals surface area contributed by atoms with E-state index < -0.39 is 6.10 Å². The van der Waals surface area contributed by atoms with Crippen LogP contribution in [0, 0.1) is 5.92 Å². The van der Waals surface area contributed by atoms with Gasteiger partial charge in [0.25, 0.3) is 0 Å². The minimum Gasteiger partial charge on any atom is -0.492 e. The molecule has 0 amide bonds. The fourth-order valence-electron chi connectivity index (χ4n) is 3.74. The third-order valence-electron chi connectivity index (χ3n) is 6.03. The molecule has 1 fully saturated rings. The summed E-state index contributed by atoms with van der Waals surface area (Å²) in [6, 6.07) is 14.0. The first-order chi connectivity index (χ1) is 15.8. The molecule has 7 heteroatoms. The molecule has 1 aliphatic rings. The molecule has 3 rings (SSSR count). The number of thioether (sulfide) groups is 1. The van der Waals surface area contributed by atoms with E-state index in [2.05, 4.69) is 36.9 Å². The number of aliphatic hydroxyl groups excluding tert-OH is 1. The number of rotatable bonds is 11. The zero-order chi connectivity index (χ0) is 23.8. The highest BCUT2D eigenvalue weighted by atomic mass is 35.5. The van der Waals surface area contributed by atoms with Crippen LogP contribution < -0.4 is 9.47 Å². The molecule has 0 unspecified atom stereocenters. The highest BCUT2D eigenvalue weighted by molar-refractivity contribution is 7.99. The summed E-state index contributed by atoms with van der Waals surface area (Å²) in [7, 11) is 0. The molecule has 0 spiro atoms. The highest BCUT2D eigenvalue weighted by Crippen LogP contribution is 2.36. The van der Waals surface area contributed by atoms with Gasteiger partial charge in [-0.25, -0.2) is 0 Å². The van der Waals surface area contributed by atoms with Crippen molar-refractivity contribution >= 4 is 35.0 Å². The van der Waals surface area contributed by atoms with Crippen LogP contribution in [0.1, 0.15) is 31.9 Å². The number of hydrogen-bond donors (Lipinski definition) is 1. The second-order valence-electron chi connectivity index (χ2n) is 9.24. The van der Waals surface area contributed by atoms with Crippen LogP contribution in [0.15, 0.2) is 42.5 Å². The summed E-state index contributed by atoms with van der Waals surface area (Å²) >= 11 is 14.3. The number of aliphatic hydroxyl groups is 1. The fourth-order valence-corrected chi connectivity index (χ4v) is 5.05. The summed E-state index contributed by atoms with van der Waals surface area (Å²) < 4.78 is 11.7. The van der Waals surface area contributed by atoms with Crippen molar-refractivity contribution in [3.63, 3.8) is 0 Å². The lowest BCUT2D eigenvalue weighted by Crippen LogP contribution is -2.40. The zero-order valence-corrected chi connectivity index (χ0v) is 22.1. The summed E-state index contributed by atoms with van der Waals surface area (Å²) in [6.45, 7) is 9.96. The van der Waals surface area contributed by atoms with E-state index in [-0.39, 0.29) is 11.3 Å². The van der Waals surface area contributed by atoms with Crippen molar-refractivity contribution in [1.29, 1.82) is 0 Å². The Hall–Kier alpha value is -1.11. The second kappa shape index (κ2) is 12.6. The lowest BCUT2D eigenvalue weighted by Gasteiger charge is -2.28. The van der Waals surface area contributed by atoms with E-state index in [1.165, 1.54) is 0 Å². The summed E-state index contributed by atoms with van der Waals surface area (Å²) in [4.78, 5) is 2.30. The Morgan fingerprint density at radius 2 is 1.70 bits per heavy atom. The topological polar surface area (TPSA) is 41.9 Å². The van der Waals surface area contributed by atoms with Crippen LogP contribution in [0.3, 0.4) is 0 Å². The SMILES string of the molecule is C[C@H](CCl)COc1ccc(C(C)(C)c2ccc(OC[C@@H](O)CN3CCSCC3)cc2)cc1Cl. The molecule has 0 bridgehead atoms. The number of β-amino-alcohol motifs (C(OH)–C–C–N with tert-alkyl or cyclic N) is 1. The van der Waals surface area contributed by atoms with Gasteiger partial charge in [-0.15, -0.1) is 11.6 Å². The van der Waals surface area contributed by atoms with Crippen molar-refractivity contribution in [2.45, 2.75) is 32.3 Å². The molecule has 1 heterocycles. The van der Waals surface area contributed by atoms with Gasteiger partial charge in [-0.3, -0.25) is 4.90 Å². The minimum atomic E-state index is -0.487. The average Bonchev–Trinajstić information content (AvgIpc) is 2.82. The van der Waals surface area contributed by atoms with Crippen LogP contribution in [0.25, 0.3) is 0 Å². The van der Waals surface area contributed by atoms with E-state index in [1.54, 1.807) is 0 Å². The predicted molar refractivity (Wildman–Crippen MR) is 141 cm³/mol. The largest absolute Gasteiger partial charge is 0.492 e. The first-order valence-corrected chi connectivity index (χ1v) is 13.6. The molecule has 2 atom stereocenters. The van der Waals surface area contributed by atoms with Crippen molar-refractivity contribution in [3.8, 4) is 11.5 Å². The molecule has 0 aromatic heterocycles. The third kappa shape index (κ3) is 7.69. The molecule has 2 aromatic rings. The van der Waals surface area contributed by atoms with E-state index in [1.807, 2.05) is 43.0 Å². The Morgan fingerprint density at radius 3 is 2.33 bits per heavy atom. The quantitative estimate of drug-likeness (QED) is 0.391. The lowest BCUT2D eigenvalue weighted by molar-refractivity contribution is 0.0715. The summed E-state index contributed by atoms with van der Waals surface area (Å²) in [5, 5.41) is 10.9. The fraction of sp³-hybridized carbons (Fsp3) is 0.538. The van der Waals surface area contributed by atoms with Crippen molar-refractivity contribution in [1.82, 2.24) is 4.90 Å². The van der Waals surface area contributed by atoms with Gasteiger partial charge >= 0.3 is 0 Å². The van der Waals surface area contributed by atoms with Crippen LogP contribution in [0.2, 0.25) is 5.02 Å². The average molecular weight is 513 g/mol. The number of nitrogens with zero attached hydrogens (tertiary/aromatic N) is 1. The molecule has 4 nitrogen and oxygen atoms in total. The summed E-state index contributed by atoms with van der Waals surface area (Å²) in [5.41, 5.74) is 2.02. The first-order valence-electron chi connectivity index (χ1n) is 11.5. The van der Waals surface area contributed by atoms with Crippen LogP contribution in [-0.4, -0.2) is 66.3 Å². The molecular formula is C26H35Cl2NO3S. The van der Waals surface area contributed by atoms with Gasteiger partial charge in [0.05, 0.1) is 11.6 Å². The molecule has 2 aromatic carbocycles. The normalized spacial score (nSPS) is 16.9. The van der Waals surface area contributed by atoms with Crippen molar-refractivity contribution in [3.05, 3.63) is 58.6 Å². The number of ether oxygens (including phenoxy) is 2. The van der Waals surface area contributed by atoms with Gasteiger partial charge in [-0.1, -0.05) is 50.6 Å². The molecule has 1 aliphatic heterocycles. The Kier molecular flexibility index (Phi) is 10.1. The van der Waals surface area contributed by atoms with Crippen LogP contribution in [0.4, 0.5) is 0 Å². The maximum atomic E-state index is 10.3. The van der Waals surface area contributed by atoms with Gasteiger partial charge < -0.3 is 14.6 Å². The zero-order valence-electron chi connectivity index (χ0n) is 19.7. The van der Waals surface area contributed by atoms with Crippen LogP contribution in [-0.2, 0) is 5.41 Å². The van der Waals surface area contributed by atoms with Gasteiger partial charge in [0.15, 0.2) is 0 Å². The lowest BCUT2D eigenvalue weighted by atomic mass is 9.78. The first kappa shape index (κ1) is 26.5. The summed E-state index contributed by atoms with van der Waals surface area (Å²) in [6.07, 6.45) is -0.487. The Bertz CT molecular complexity index is 872. The Morgan fingerprint density at radius 1 is 1.03 bits per heavy atom. The van der Waals surface area contributed by atoms with Crippen molar-refractivity contribution < 1.29 is 14.6 Å². The van der Waals surface area contributed by atoms with Gasteiger partial charge in [-0.2, -0.15) is 11.8 Å². The number of halogens is 2. The van der Waals surface area contributed by atoms with E-state index in [0.29, 0.717) is 36.4 Å². The van der Waals surface area contributed by atoms with E-state index in [9.17, 15) is 5.11 Å². The third-order valence-corrected chi connectivity index (χ3v) is 7.80. The van der Waals surface area contributed by atoms with Crippen LogP contribution >= 0.6 is 35.0 Å². The predicted octanol–water partition coefficient (Wildman–Crippen LogP) is 5.71. The maximum absolute atomic E-state index is 10.3. The maximum Gasteiger partial charge on any atom is 0.137 e. The number of hydrogen-bond acceptors (Lipinski definition) is 5. The standard InChI is InChI=1S/C26H35Cl2NO3S/c1-19(15-27)17-32-25-9-6-21(14-24(25)28)26(2,3)20-4-7-23(8-5-20)31-18-22(30)16-29-10-12-33-13-11-29/h4-9,14,19,22,30H,10-13,15-18H2,1-3H3/t19-,22+/m1/s1. The van der Waals surface area contributed by atoms with E-state index >= 15 is 0 Å². The highest BCUT2D eigenvalue weighted by Gasteiger charge is 2.24. The smallest absolute Gasteiger partial charge is 0.137 e. The van der Waals surface area contributed by atoms with Gasteiger partial charge in [-0.05, 0) is 35.4 Å². The van der Waals surface area contributed by atoms with Gasteiger partial charge in [0, 0.05) is 48.4 Å². The second-order valence-corrected chi connectivity index (χ2v) is 11.2. The number of alkyl halides is 1. The van der Waals surface area contributed by atoms with Crippen LogP contribution in [0.5, 0.6) is 11.5 Å². The number of benzene rings is 2. The molecule has 33 heavy (non-hydrogen) atoms. The molecule has 0 aliphatic carbocycles. The van der Waals surface area contributed by atoms with Crippen molar-refractivity contribution in [2.75, 3.05) is 50.2 Å². The molecule has 0 saturated carbocycles. The minimum absolute atomic E-state index is 0.240. The van der Waals surface area contributed by atoms with Gasteiger partial charge in [0.1, 0.15) is 24.2 Å².